The molecule has 3 N–H and O–H groups in total. The van der Waals surface area contributed by atoms with Gasteiger partial charge < -0.3 is 10.6 Å². The van der Waals surface area contributed by atoms with Crippen LogP contribution in [0.3, 0.4) is 0 Å². The number of alkyl halides is 3. The SMILES string of the molecule is Cc1cc(F)cc(N/C(=N/C(=O)c2cccc(C)c2)Nc2cc(C(F)(F)F)[nH]n2)c1. The van der Waals surface area contributed by atoms with Crippen molar-refractivity contribution in [2.75, 3.05) is 10.6 Å². The van der Waals surface area contributed by atoms with Crippen LogP contribution in [0.2, 0.25) is 0 Å². The van der Waals surface area contributed by atoms with E-state index in [0.717, 1.165) is 17.7 Å². The molecule has 1 heterocycles. The van der Waals surface area contributed by atoms with Gasteiger partial charge in [0.25, 0.3) is 5.91 Å². The van der Waals surface area contributed by atoms with Crippen molar-refractivity contribution in [3.8, 4) is 0 Å². The van der Waals surface area contributed by atoms with E-state index in [0.29, 0.717) is 5.56 Å². The summed E-state index contributed by atoms with van der Waals surface area (Å²) in [6.07, 6.45) is -4.62. The van der Waals surface area contributed by atoms with E-state index in [9.17, 15) is 22.4 Å². The Labute approximate surface area is 169 Å². The number of rotatable bonds is 3. The number of guanidine groups is 1. The van der Waals surface area contributed by atoms with E-state index in [1.54, 1.807) is 44.2 Å². The number of hydrogen-bond acceptors (Lipinski definition) is 2. The Morgan fingerprint density at radius 3 is 2.43 bits per heavy atom. The number of nitrogens with zero attached hydrogens (tertiary/aromatic N) is 2. The minimum Gasteiger partial charge on any atom is -0.326 e. The number of H-pyrrole nitrogens is 1. The molecule has 1 aromatic heterocycles. The number of aryl methyl sites for hydroxylation is 2. The van der Waals surface area contributed by atoms with Crippen LogP contribution in [0.5, 0.6) is 0 Å². The number of carbonyl (C=O) groups is 1. The average Bonchev–Trinajstić information content (AvgIpc) is 3.09. The second kappa shape index (κ2) is 8.36. The van der Waals surface area contributed by atoms with Gasteiger partial charge in [-0.1, -0.05) is 17.7 Å². The van der Waals surface area contributed by atoms with E-state index in [-0.39, 0.29) is 23.0 Å². The van der Waals surface area contributed by atoms with Crippen molar-refractivity contribution in [3.05, 3.63) is 76.7 Å². The Bertz CT molecular complexity index is 1080. The average molecular weight is 419 g/mol. The zero-order valence-electron chi connectivity index (χ0n) is 15.9. The highest BCUT2D eigenvalue weighted by atomic mass is 19.4. The molecule has 0 bridgehead atoms. The third kappa shape index (κ3) is 5.43. The van der Waals surface area contributed by atoms with E-state index in [2.05, 4.69) is 20.7 Å². The molecule has 0 saturated heterocycles. The lowest BCUT2D eigenvalue weighted by molar-refractivity contribution is -0.141. The lowest BCUT2D eigenvalue weighted by Gasteiger charge is -2.11. The van der Waals surface area contributed by atoms with Crippen molar-refractivity contribution in [1.29, 1.82) is 0 Å². The summed E-state index contributed by atoms with van der Waals surface area (Å²) < 4.78 is 52.1. The molecule has 0 aliphatic heterocycles. The van der Waals surface area contributed by atoms with Crippen LogP contribution in [0.1, 0.15) is 27.2 Å². The number of halogens is 4. The molecule has 156 valence electrons. The van der Waals surface area contributed by atoms with Gasteiger partial charge in [0.05, 0.1) is 0 Å². The fraction of sp³-hybridized carbons (Fsp3) is 0.150. The molecule has 0 unspecified atom stereocenters. The molecule has 6 nitrogen and oxygen atoms in total. The molecule has 10 heteroatoms. The number of aromatic nitrogens is 2. The molecule has 0 aliphatic rings. The highest BCUT2D eigenvalue weighted by molar-refractivity contribution is 6.11. The summed E-state index contributed by atoms with van der Waals surface area (Å²) in [5, 5.41) is 10.6. The van der Waals surface area contributed by atoms with Gasteiger partial charge in [-0.15, -0.1) is 0 Å². The van der Waals surface area contributed by atoms with Crippen molar-refractivity contribution in [1.82, 2.24) is 10.2 Å². The highest BCUT2D eigenvalue weighted by Gasteiger charge is 2.33. The highest BCUT2D eigenvalue weighted by Crippen LogP contribution is 2.28. The van der Waals surface area contributed by atoms with Gasteiger partial charge in [0, 0.05) is 17.3 Å². The minimum absolute atomic E-state index is 0.216. The first kappa shape index (κ1) is 21.0. The van der Waals surface area contributed by atoms with E-state index in [4.69, 9.17) is 0 Å². The molecule has 0 radical (unpaired) electrons. The van der Waals surface area contributed by atoms with Crippen LogP contribution in [0.15, 0.2) is 53.5 Å². The minimum atomic E-state index is -4.62. The predicted octanol–water partition coefficient (Wildman–Crippen LogP) is 4.90. The maximum absolute atomic E-state index is 13.7. The Morgan fingerprint density at radius 1 is 1.03 bits per heavy atom. The summed E-state index contributed by atoms with van der Waals surface area (Å²) in [6.45, 7) is 3.47. The largest absolute Gasteiger partial charge is 0.432 e. The molecule has 0 fully saturated rings. The standard InChI is InChI=1S/C20H17F4N5O/c1-11-4-3-5-13(6-11)18(30)27-19(25-15-8-12(2)7-14(21)9-15)26-17-10-16(28-29-17)20(22,23)24/h3-10H,1-2H3,(H3,25,26,27,28,29,30). The maximum Gasteiger partial charge on any atom is 0.432 e. The second-order valence-corrected chi connectivity index (χ2v) is 6.57. The van der Waals surface area contributed by atoms with Crippen LogP contribution in [0.25, 0.3) is 0 Å². The summed E-state index contributed by atoms with van der Waals surface area (Å²) in [7, 11) is 0. The lowest BCUT2D eigenvalue weighted by atomic mass is 10.1. The summed E-state index contributed by atoms with van der Waals surface area (Å²) in [4.78, 5) is 16.4. The zero-order valence-corrected chi connectivity index (χ0v) is 15.9. The van der Waals surface area contributed by atoms with Crippen molar-refractivity contribution < 1.29 is 22.4 Å². The van der Waals surface area contributed by atoms with Crippen molar-refractivity contribution in [3.63, 3.8) is 0 Å². The van der Waals surface area contributed by atoms with E-state index in [1.807, 2.05) is 5.10 Å². The Kier molecular flexibility index (Phi) is 5.86. The van der Waals surface area contributed by atoms with Crippen molar-refractivity contribution >= 4 is 23.4 Å². The molecular weight excluding hydrogens is 402 g/mol. The van der Waals surface area contributed by atoms with E-state index < -0.39 is 23.6 Å². The first-order valence-corrected chi connectivity index (χ1v) is 8.74. The van der Waals surface area contributed by atoms with Crippen LogP contribution in [-0.2, 0) is 6.18 Å². The third-order valence-corrected chi connectivity index (χ3v) is 3.91. The fourth-order valence-electron chi connectivity index (χ4n) is 2.63. The zero-order chi connectivity index (χ0) is 21.9. The molecule has 2 aromatic carbocycles. The molecular formula is C20H17F4N5O. The van der Waals surface area contributed by atoms with Gasteiger partial charge in [-0.05, 0) is 49.7 Å². The molecule has 1 amide bonds. The first-order valence-electron chi connectivity index (χ1n) is 8.74. The van der Waals surface area contributed by atoms with Crippen molar-refractivity contribution in [2.24, 2.45) is 4.99 Å². The third-order valence-electron chi connectivity index (χ3n) is 3.91. The molecule has 3 rings (SSSR count). The number of nitrogens with one attached hydrogen (secondary N) is 3. The summed E-state index contributed by atoms with van der Waals surface area (Å²) in [5.41, 5.74) is 0.894. The van der Waals surface area contributed by atoms with Crippen molar-refractivity contribution in [2.45, 2.75) is 20.0 Å². The normalized spacial score (nSPS) is 12.0. The molecule has 3 aromatic rings. The maximum atomic E-state index is 13.7. The van der Waals surface area contributed by atoms with Crippen LogP contribution in [0.4, 0.5) is 29.1 Å². The Hall–Kier alpha value is -3.69. The van der Waals surface area contributed by atoms with Crippen LogP contribution < -0.4 is 10.6 Å². The van der Waals surface area contributed by atoms with E-state index >= 15 is 0 Å². The van der Waals surface area contributed by atoms with Gasteiger partial charge in [-0.2, -0.15) is 23.3 Å². The number of carbonyl (C=O) groups excluding carboxylic acids is 1. The topological polar surface area (TPSA) is 82.2 Å². The quantitative estimate of drug-likeness (QED) is 0.320. The van der Waals surface area contributed by atoms with Crippen LogP contribution in [-0.4, -0.2) is 22.1 Å². The fourth-order valence-corrected chi connectivity index (χ4v) is 2.63. The molecule has 30 heavy (non-hydrogen) atoms. The molecule has 0 aliphatic carbocycles. The monoisotopic (exact) mass is 419 g/mol. The molecule has 0 atom stereocenters. The smallest absolute Gasteiger partial charge is 0.326 e. The number of hydrogen-bond donors (Lipinski definition) is 3. The van der Waals surface area contributed by atoms with E-state index in [1.165, 1.54) is 6.07 Å². The number of aliphatic imine (C=N–C) groups is 1. The van der Waals surface area contributed by atoms with Gasteiger partial charge in [-0.25, -0.2) is 4.39 Å². The number of aromatic amines is 1. The molecule has 0 saturated carbocycles. The Balaban J connectivity index is 1.93. The summed E-state index contributed by atoms with van der Waals surface area (Å²) >= 11 is 0. The van der Waals surface area contributed by atoms with Gasteiger partial charge in [0.2, 0.25) is 5.96 Å². The number of benzene rings is 2. The van der Waals surface area contributed by atoms with Gasteiger partial charge in [0.15, 0.2) is 5.82 Å². The summed E-state index contributed by atoms with van der Waals surface area (Å²) in [5.74, 6) is -1.61. The molecule has 0 spiro atoms. The van der Waals surface area contributed by atoms with Crippen LogP contribution >= 0.6 is 0 Å². The lowest BCUT2D eigenvalue weighted by Crippen LogP contribution is -2.24. The number of amides is 1. The summed E-state index contributed by atoms with van der Waals surface area (Å²) in [6, 6.07) is 11.4. The van der Waals surface area contributed by atoms with Gasteiger partial charge in [-0.3, -0.25) is 9.89 Å². The second-order valence-electron chi connectivity index (χ2n) is 6.57. The first-order chi connectivity index (χ1) is 14.1. The Morgan fingerprint density at radius 2 is 1.80 bits per heavy atom. The van der Waals surface area contributed by atoms with Gasteiger partial charge in [0.1, 0.15) is 11.5 Å². The van der Waals surface area contributed by atoms with Gasteiger partial charge >= 0.3 is 6.18 Å². The number of anilines is 2. The predicted molar refractivity (Wildman–Crippen MR) is 105 cm³/mol. The van der Waals surface area contributed by atoms with Crippen LogP contribution in [0, 0.1) is 19.7 Å².